The van der Waals surface area contributed by atoms with Crippen molar-refractivity contribution in [2.24, 2.45) is 11.8 Å². The van der Waals surface area contributed by atoms with Crippen LogP contribution in [0.25, 0.3) is 0 Å². The first-order valence-corrected chi connectivity index (χ1v) is 20.0. The van der Waals surface area contributed by atoms with E-state index < -0.39 is 34.5 Å². The highest BCUT2D eigenvalue weighted by atomic mass is 28.4. The number of hydrogen-bond acceptors (Lipinski definition) is 5. The lowest BCUT2D eigenvalue weighted by molar-refractivity contribution is -0.156. The van der Waals surface area contributed by atoms with Gasteiger partial charge in [0.25, 0.3) is 0 Å². The molecule has 1 aliphatic carbocycles. The summed E-state index contributed by atoms with van der Waals surface area (Å²) < 4.78 is 64.7. The zero-order valence-electron chi connectivity index (χ0n) is 25.6. The van der Waals surface area contributed by atoms with Crippen LogP contribution in [0.1, 0.15) is 59.9 Å². The van der Waals surface area contributed by atoms with Crippen molar-refractivity contribution in [3.63, 3.8) is 0 Å². The van der Waals surface area contributed by atoms with Crippen LogP contribution in [0.3, 0.4) is 0 Å². The number of hydrogen-bond donors (Lipinski definition) is 0. The van der Waals surface area contributed by atoms with E-state index in [4.69, 9.17) is 18.3 Å². The van der Waals surface area contributed by atoms with E-state index in [9.17, 15) is 18.0 Å². The van der Waals surface area contributed by atoms with E-state index in [1.54, 1.807) is 0 Å². The summed E-state index contributed by atoms with van der Waals surface area (Å²) in [7, 11) is -4.30. The molecule has 5 unspecified atom stereocenters. The molecule has 0 N–H and O–H groups in total. The third-order valence-electron chi connectivity index (χ3n) is 9.18. The molecule has 1 aliphatic heterocycles. The molecule has 0 amide bonds. The minimum atomic E-state index is -4.45. The molecule has 40 heavy (non-hydrogen) atoms. The third-order valence-corrected chi connectivity index (χ3v) is 18.2. The van der Waals surface area contributed by atoms with E-state index in [0.717, 1.165) is 12.1 Å². The average molecular weight is 601 g/mol. The van der Waals surface area contributed by atoms with Gasteiger partial charge in [0.1, 0.15) is 18.5 Å². The molecule has 0 aromatic heterocycles. The summed E-state index contributed by atoms with van der Waals surface area (Å²) >= 11 is 0. The molecule has 2 bridgehead atoms. The molecule has 1 heterocycles. The highest BCUT2D eigenvalue weighted by molar-refractivity contribution is 6.74. The maximum absolute atomic E-state index is 13.2. The van der Waals surface area contributed by atoms with Gasteiger partial charge in [-0.05, 0) is 54.5 Å². The summed E-state index contributed by atoms with van der Waals surface area (Å²) in [5.74, 6) is -0.0643. The fourth-order valence-electron chi connectivity index (χ4n) is 4.72. The normalized spacial score (nSPS) is 25.3. The Bertz CT molecular complexity index is 1070. The van der Waals surface area contributed by atoms with E-state index in [0.29, 0.717) is 12.8 Å². The topological polar surface area (TPSA) is 54.0 Å². The van der Waals surface area contributed by atoms with E-state index in [1.165, 1.54) is 12.1 Å². The Balaban J connectivity index is 1.83. The van der Waals surface area contributed by atoms with Crippen LogP contribution in [0.15, 0.2) is 36.4 Å². The first-order chi connectivity index (χ1) is 18.1. The predicted octanol–water partition coefficient (Wildman–Crippen LogP) is 8.37. The second kappa shape index (κ2) is 11.6. The SMILES string of the molecule is CC(C)(C)[Si](C)(C)OC(/C=C/C1C2CC(O[Si](C)(C)C(C)(C)C)C1CC(=O)O2)COc1cccc(C(F)(F)F)c1. The van der Waals surface area contributed by atoms with Gasteiger partial charge in [-0.3, -0.25) is 4.79 Å². The molecule has 2 fully saturated rings. The molecule has 2 aliphatic rings. The zero-order chi connectivity index (χ0) is 30.3. The standard InChI is InChI=1S/C30H47F3O5Si2/c1-28(2,3)39(7,8)37-22(19-35-21-13-11-12-20(16-21)30(31,32)33)14-15-23-24-17-27(34)36-25(23)18-26(24)38-40(9,10)29(4,5)6/h11-16,22-26H,17-19H2,1-10H3/b15-14+. The zero-order valence-corrected chi connectivity index (χ0v) is 27.6. The molecule has 5 nitrogen and oxygen atoms in total. The lowest BCUT2D eigenvalue weighted by Crippen LogP contribution is -2.45. The van der Waals surface area contributed by atoms with Gasteiger partial charge in [-0.2, -0.15) is 13.2 Å². The first-order valence-electron chi connectivity index (χ1n) is 14.1. The minimum Gasteiger partial charge on any atom is -0.491 e. The molecule has 1 saturated carbocycles. The largest absolute Gasteiger partial charge is 0.491 e. The second-order valence-electron chi connectivity index (χ2n) is 14.3. The van der Waals surface area contributed by atoms with Gasteiger partial charge in [0.15, 0.2) is 16.6 Å². The van der Waals surface area contributed by atoms with Crippen molar-refractivity contribution in [3.05, 3.63) is 42.0 Å². The summed E-state index contributed by atoms with van der Waals surface area (Å²) in [6, 6.07) is 4.90. The van der Waals surface area contributed by atoms with Crippen LogP contribution in [0, 0.1) is 11.8 Å². The average Bonchev–Trinajstić information content (AvgIpc) is 2.98. The lowest BCUT2D eigenvalue weighted by atomic mass is 9.88. The smallest absolute Gasteiger partial charge is 0.416 e. The van der Waals surface area contributed by atoms with E-state index in [1.807, 2.05) is 6.08 Å². The lowest BCUT2D eigenvalue weighted by Gasteiger charge is -2.40. The van der Waals surface area contributed by atoms with Crippen molar-refractivity contribution in [1.29, 1.82) is 0 Å². The Hall–Kier alpha value is -1.63. The van der Waals surface area contributed by atoms with Crippen LogP contribution in [-0.4, -0.2) is 47.5 Å². The van der Waals surface area contributed by atoms with Gasteiger partial charge in [0, 0.05) is 18.3 Å². The molecule has 1 saturated heterocycles. The van der Waals surface area contributed by atoms with Crippen LogP contribution in [0.5, 0.6) is 5.75 Å². The Kier molecular flexibility index (Phi) is 9.51. The van der Waals surface area contributed by atoms with Crippen molar-refractivity contribution in [3.8, 4) is 5.75 Å². The van der Waals surface area contributed by atoms with Crippen LogP contribution in [-0.2, 0) is 24.6 Å². The van der Waals surface area contributed by atoms with Crippen molar-refractivity contribution in [2.45, 2.75) is 115 Å². The number of halogens is 3. The Morgan fingerprint density at radius 3 is 2.23 bits per heavy atom. The van der Waals surface area contributed by atoms with Crippen molar-refractivity contribution in [2.75, 3.05) is 6.61 Å². The van der Waals surface area contributed by atoms with Crippen molar-refractivity contribution < 1.29 is 36.3 Å². The van der Waals surface area contributed by atoms with Gasteiger partial charge >= 0.3 is 12.1 Å². The minimum absolute atomic E-state index is 0.00883. The number of rotatable bonds is 9. The first kappa shape index (κ1) is 32.9. The second-order valence-corrected chi connectivity index (χ2v) is 23.8. The fourth-order valence-corrected chi connectivity index (χ4v) is 7.36. The maximum Gasteiger partial charge on any atom is 0.416 e. The Labute approximate surface area is 240 Å². The monoisotopic (exact) mass is 600 g/mol. The molecule has 226 valence electrons. The van der Waals surface area contributed by atoms with Crippen LogP contribution in [0.4, 0.5) is 13.2 Å². The summed E-state index contributed by atoms with van der Waals surface area (Å²) in [5, 5.41) is -0.0282. The summed E-state index contributed by atoms with van der Waals surface area (Å²) in [6.07, 6.45) is -0.282. The molecular formula is C30H47F3O5Si2. The van der Waals surface area contributed by atoms with Gasteiger partial charge in [0.2, 0.25) is 0 Å². The molecule has 0 radical (unpaired) electrons. The van der Waals surface area contributed by atoms with E-state index in [-0.39, 0.29) is 52.4 Å². The predicted molar refractivity (Wildman–Crippen MR) is 156 cm³/mol. The van der Waals surface area contributed by atoms with Gasteiger partial charge in [-0.1, -0.05) is 59.8 Å². The number of ether oxygens (including phenoxy) is 2. The van der Waals surface area contributed by atoms with Crippen LogP contribution in [0.2, 0.25) is 36.3 Å². The van der Waals surface area contributed by atoms with Crippen LogP contribution >= 0.6 is 0 Å². The Morgan fingerprint density at radius 1 is 1.02 bits per heavy atom. The number of esters is 1. The molecule has 3 rings (SSSR count). The summed E-state index contributed by atoms with van der Waals surface area (Å²) in [6.45, 7) is 21.8. The highest BCUT2D eigenvalue weighted by Gasteiger charge is 2.52. The van der Waals surface area contributed by atoms with Crippen molar-refractivity contribution >= 4 is 22.6 Å². The van der Waals surface area contributed by atoms with E-state index >= 15 is 0 Å². The summed E-state index contributed by atoms with van der Waals surface area (Å²) in [5.41, 5.74) is -0.754. The molecule has 0 spiro atoms. The van der Waals surface area contributed by atoms with Gasteiger partial charge in [0.05, 0.1) is 24.2 Å². The highest BCUT2D eigenvalue weighted by Crippen LogP contribution is 2.47. The molecule has 1 aromatic rings. The van der Waals surface area contributed by atoms with Crippen LogP contribution < -0.4 is 4.74 Å². The number of benzene rings is 1. The van der Waals surface area contributed by atoms with E-state index in [2.05, 4.69) is 73.8 Å². The molecule has 1 aromatic carbocycles. The molecular weight excluding hydrogens is 553 g/mol. The quantitative estimate of drug-likeness (QED) is 0.162. The molecule has 5 atom stereocenters. The van der Waals surface area contributed by atoms with Gasteiger partial charge < -0.3 is 18.3 Å². The number of carbonyl (C=O) groups is 1. The number of carbonyl (C=O) groups excluding carboxylic acids is 1. The number of fused-ring (bicyclic) bond motifs is 2. The number of alkyl halides is 3. The van der Waals surface area contributed by atoms with Gasteiger partial charge in [-0.15, -0.1) is 0 Å². The third kappa shape index (κ3) is 7.80. The maximum atomic E-state index is 13.2. The van der Waals surface area contributed by atoms with Gasteiger partial charge in [-0.25, -0.2) is 0 Å². The fraction of sp³-hybridized carbons (Fsp3) is 0.700. The Morgan fingerprint density at radius 2 is 1.65 bits per heavy atom. The van der Waals surface area contributed by atoms with Crippen molar-refractivity contribution in [1.82, 2.24) is 0 Å². The molecule has 10 heteroatoms. The summed E-state index contributed by atoms with van der Waals surface area (Å²) in [4.78, 5) is 12.4.